The van der Waals surface area contributed by atoms with E-state index in [2.05, 4.69) is 106 Å². The standard InChI is InChI=1S/C31H37N3O.C2H2O4/c35-30-19-10-18-29(26-12-4-1-5-13-26)34(30)21-11-20-32-22-24-33(25-23-32)31(27-14-6-2-7-15-27)28-16-8-3-9-17-28;3-1(4)2(5)6/h1-9,12-17,29,31H,10-11,18-25H2;(H,3,4)(H,5,6). The van der Waals surface area contributed by atoms with Crippen molar-refractivity contribution in [1.29, 1.82) is 0 Å². The van der Waals surface area contributed by atoms with Crippen LogP contribution in [-0.4, -0.2) is 82.0 Å². The van der Waals surface area contributed by atoms with Crippen molar-refractivity contribution in [3.8, 4) is 0 Å². The van der Waals surface area contributed by atoms with Gasteiger partial charge >= 0.3 is 11.9 Å². The highest BCUT2D eigenvalue weighted by Gasteiger charge is 2.30. The average Bonchev–Trinajstić information content (AvgIpc) is 3.01. The van der Waals surface area contributed by atoms with Crippen LogP contribution in [0.3, 0.4) is 0 Å². The monoisotopic (exact) mass is 557 g/mol. The van der Waals surface area contributed by atoms with Gasteiger partial charge in [-0.05, 0) is 42.5 Å². The van der Waals surface area contributed by atoms with Crippen molar-refractivity contribution in [3.63, 3.8) is 0 Å². The third kappa shape index (κ3) is 8.49. The Morgan fingerprint density at radius 1 is 0.732 bits per heavy atom. The lowest BCUT2D eigenvalue weighted by Crippen LogP contribution is -2.48. The first-order valence-corrected chi connectivity index (χ1v) is 14.3. The summed E-state index contributed by atoms with van der Waals surface area (Å²) in [6, 6.07) is 32.9. The number of benzene rings is 3. The molecular formula is C33H39N3O5. The second-order valence-electron chi connectivity index (χ2n) is 10.5. The summed E-state index contributed by atoms with van der Waals surface area (Å²) in [5.41, 5.74) is 4.01. The zero-order valence-electron chi connectivity index (χ0n) is 23.3. The maximum atomic E-state index is 12.8. The molecule has 0 aliphatic carbocycles. The minimum Gasteiger partial charge on any atom is -0.473 e. The molecule has 2 saturated heterocycles. The Hall–Kier alpha value is -4.01. The van der Waals surface area contributed by atoms with Crippen LogP contribution in [0.25, 0.3) is 0 Å². The van der Waals surface area contributed by atoms with Gasteiger partial charge in [-0.1, -0.05) is 91.0 Å². The van der Waals surface area contributed by atoms with E-state index in [-0.39, 0.29) is 6.04 Å². The van der Waals surface area contributed by atoms with Crippen molar-refractivity contribution < 1.29 is 24.6 Å². The van der Waals surface area contributed by atoms with Gasteiger partial charge in [-0.2, -0.15) is 0 Å². The van der Waals surface area contributed by atoms with Gasteiger partial charge in [0.15, 0.2) is 0 Å². The van der Waals surface area contributed by atoms with Crippen molar-refractivity contribution >= 4 is 17.8 Å². The number of aliphatic carboxylic acids is 2. The molecule has 1 amide bonds. The van der Waals surface area contributed by atoms with Gasteiger partial charge in [0.25, 0.3) is 0 Å². The molecule has 0 bridgehead atoms. The molecule has 2 aliphatic heterocycles. The SMILES string of the molecule is O=C(O)C(=O)O.O=C1CCCC(c2ccccc2)N1CCCN1CCN(C(c2ccccc2)c2ccccc2)CC1. The molecule has 216 valence electrons. The maximum Gasteiger partial charge on any atom is 0.414 e. The van der Waals surface area contributed by atoms with Crippen LogP contribution < -0.4 is 0 Å². The number of piperazine rings is 1. The molecule has 2 aliphatic rings. The van der Waals surface area contributed by atoms with Gasteiger partial charge in [0.2, 0.25) is 5.91 Å². The van der Waals surface area contributed by atoms with Crippen molar-refractivity contribution in [1.82, 2.24) is 14.7 Å². The highest BCUT2D eigenvalue weighted by molar-refractivity contribution is 6.27. The van der Waals surface area contributed by atoms with Crippen LogP contribution in [0.1, 0.15) is 54.5 Å². The third-order valence-electron chi connectivity index (χ3n) is 7.81. The van der Waals surface area contributed by atoms with Crippen LogP contribution >= 0.6 is 0 Å². The smallest absolute Gasteiger partial charge is 0.414 e. The van der Waals surface area contributed by atoms with Crippen LogP contribution in [0, 0.1) is 0 Å². The fraction of sp³-hybridized carbons (Fsp3) is 0.364. The van der Waals surface area contributed by atoms with Gasteiger partial charge in [-0.15, -0.1) is 0 Å². The fourth-order valence-corrected chi connectivity index (χ4v) is 5.82. The molecule has 41 heavy (non-hydrogen) atoms. The molecule has 0 spiro atoms. The summed E-state index contributed by atoms with van der Waals surface area (Å²) in [7, 11) is 0. The Bertz CT molecular complexity index is 1200. The van der Waals surface area contributed by atoms with Gasteiger partial charge in [0.05, 0.1) is 12.1 Å². The van der Waals surface area contributed by atoms with E-state index < -0.39 is 11.9 Å². The van der Waals surface area contributed by atoms with E-state index in [1.54, 1.807) is 0 Å². The van der Waals surface area contributed by atoms with E-state index in [1.165, 1.54) is 16.7 Å². The quantitative estimate of drug-likeness (QED) is 0.388. The number of amides is 1. The summed E-state index contributed by atoms with van der Waals surface area (Å²) < 4.78 is 0. The molecule has 0 radical (unpaired) electrons. The van der Waals surface area contributed by atoms with E-state index in [0.717, 1.165) is 58.5 Å². The van der Waals surface area contributed by atoms with Gasteiger partial charge in [0.1, 0.15) is 0 Å². The summed E-state index contributed by atoms with van der Waals surface area (Å²) in [5.74, 6) is -3.33. The Labute approximate surface area is 241 Å². The number of hydrogen-bond acceptors (Lipinski definition) is 5. The largest absolute Gasteiger partial charge is 0.473 e. The Morgan fingerprint density at radius 2 is 1.24 bits per heavy atom. The summed E-state index contributed by atoms with van der Waals surface area (Å²) in [5, 5.41) is 14.8. The minimum absolute atomic E-state index is 0.242. The summed E-state index contributed by atoms with van der Waals surface area (Å²) in [6.07, 6.45) is 3.81. The van der Waals surface area contributed by atoms with Crippen molar-refractivity contribution in [3.05, 3.63) is 108 Å². The van der Waals surface area contributed by atoms with Crippen molar-refractivity contribution in [2.24, 2.45) is 0 Å². The third-order valence-corrected chi connectivity index (χ3v) is 7.81. The maximum absolute atomic E-state index is 12.8. The molecule has 2 fully saturated rings. The van der Waals surface area contributed by atoms with Crippen LogP contribution in [0.4, 0.5) is 0 Å². The predicted octanol–water partition coefficient (Wildman–Crippen LogP) is 4.69. The predicted molar refractivity (Wildman–Crippen MR) is 157 cm³/mol. The lowest BCUT2D eigenvalue weighted by molar-refractivity contribution is -0.159. The molecule has 8 nitrogen and oxygen atoms in total. The number of likely N-dealkylation sites (tertiary alicyclic amines) is 1. The molecule has 3 aromatic carbocycles. The van der Waals surface area contributed by atoms with Crippen LogP contribution in [0.5, 0.6) is 0 Å². The number of carboxylic acid groups (broad SMARTS) is 2. The lowest BCUT2D eigenvalue weighted by atomic mass is 9.94. The van der Waals surface area contributed by atoms with Gasteiger partial charge < -0.3 is 20.0 Å². The number of hydrogen-bond donors (Lipinski definition) is 2. The second kappa shape index (κ2) is 15.1. The Morgan fingerprint density at radius 3 is 1.76 bits per heavy atom. The molecule has 2 heterocycles. The number of piperidine rings is 1. The normalized spacial score (nSPS) is 18.0. The van der Waals surface area contributed by atoms with E-state index in [4.69, 9.17) is 19.8 Å². The zero-order valence-corrected chi connectivity index (χ0v) is 23.3. The average molecular weight is 558 g/mol. The molecule has 0 aromatic heterocycles. The Kier molecular flexibility index (Phi) is 11.0. The lowest BCUT2D eigenvalue weighted by Gasteiger charge is -2.40. The number of carbonyl (C=O) groups excluding carboxylic acids is 1. The first-order chi connectivity index (χ1) is 19.9. The number of carboxylic acids is 2. The molecule has 1 atom stereocenters. The molecule has 0 saturated carbocycles. The molecule has 1 unspecified atom stereocenters. The van der Waals surface area contributed by atoms with Gasteiger partial charge in [0, 0.05) is 39.1 Å². The number of nitrogens with zero attached hydrogens (tertiary/aromatic N) is 3. The first-order valence-electron chi connectivity index (χ1n) is 14.3. The number of rotatable bonds is 8. The van der Waals surface area contributed by atoms with Crippen LogP contribution in [0.2, 0.25) is 0 Å². The first kappa shape index (κ1) is 30.0. The van der Waals surface area contributed by atoms with E-state index in [9.17, 15) is 4.79 Å². The van der Waals surface area contributed by atoms with Crippen LogP contribution in [-0.2, 0) is 14.4 Å². The summed E-state index contributed by atoms with van der Waals surface area (Å²) in [6.45, 7) is 6.18. The van der Waals surface area contributed by atoms with E-state index in [1.807, 2.05) is 0 Å². The molecule has 3 aromatic rings. The van der Waals surface area contributed by atoms with Crippen molar-refractivity contribution in [2.75, 3.05) is 39.3 Å². The highest BCUT2D eigenvalue weighted by atomic mass is 16.4. The summed E-state index contributed by atoms with van der Waals surface area (Å²) >= 11 is 0. The highest BCUT2D eigenvalue weighted by Crippen LogP contribution is 2.32. The Balaban J connectivity index is 0.000000585. The van der Waals surface area contributed by atoms with E-state index >= 15 is 0 Å². The molecule has 2 N–H and O–H groups in total. The fourth-order valence-electron chi connectivity index (χ4n) is 5.82. The molecular weight excluding hydrogens is 518 g/mol. The van der Waals surface area contributed by atoms with Crippen molar-refractivity contribution in [2.45, 2.75) is 37.8 Å². The molecule has 5 rings (SSSR count). The van der Waals surface area contributed by atoms with Gasteiger partial charge in [-0.3, -0.25) is 9.69 Å². The number of carbonyl (C=O) groups is 3. The van der Waals surface area contributed by atoms with Gasteiger partial charge in [-0.25, -0.2) is 9.59 Å². The minimum atomic E-state index is -1.82. The van der Waals surface area contributed by atoms with E-state index in [0.29, 0.717) is 18.4 Å². The molecule has 8 heteroatoms. The second-order valence-corrected chi connectivity index (χ2v) is 10.5. The zero-order chi connectivity index (χ0) is 29.0. The summed E-state index contributed by atoms with van der Waals surface area (Å²) in [4.78, 5) is 38.3. The topological polar surface area (TPSA) is 101 Å². The van der Waals surface area contributed by atoms with Crippen LogP contribution in [0.15, 0.2) is 91.0 Å².